The van der Waals surface area contributed by atoms with Crippen LogP contribution in [0.2, 0.25) is 0 Å². The van der Waals surface area contributed by atoms with E-state index in [9.17, 15) is 9.59 Å². The minimum atomic E-state index is -0.246. The van der Waals surface area contributed by atoms with Gasteiger partial charge < -0.3 is 10.2 Å². The third kappa shape index (κ3) is 3.48. The number of carbonyl (C=O) groups is 2. The van der Waals surface area contributed by atoms with E-state index in [4.69, 9.17) is 0 Å². The maximum absolute atomic E-state index is 12.2. The fourth-order valence-corrected chi connectivity index (χ4v) is 2.73. The number of nitrogens with zero attached hydrogens (tertiary/aromatic N) is 3. The lowest BCUT2D eigenvalue weighted by atomic mass is 10.1. The Balaban J connectivity index is 2.03. The molecule has 0 aliphatic heterocycles. The number of benzene rings is 1. The van der Waals surface area contributed by atoms with E-state index in [1.54, 1.807) is 14.0 Å². The molecule has 0 aliphatic carbocycles. The molecular formula is C15H18N4O2S. The van der Waals surface area contributed by atoms with E-state index in [1.807, 2.05) is 32.0 Å². The maximum atomic E-state index is 12.2. The molecule has 6 nitrogen and oxygen atoms in total. The summed E-state index contributed by atoms with van der Waals surface area (Å²) in [6, 6.07) is 5.81. The van der Waals surface area contributed by atoms with Crippen LogP contribution in [0.5, 0.6) is 0 Å². The quantitative estimate of drug-likeness (QED) is 0.937. The largest absolute Gasteiger partial charge is 0.332 e. The van der Waals surface area contributed by atoms with Crippen molar-refractivity contribution in [2.75, 3.05) is 18.9 Å². The summed E-state index contributed by atoms with van der Waals surface area (Å²) in [5.41, 5.74) is 3.36. The zero-order chi connectivity index (χ0) is 16.3. The fraction of sp³-hybridized carbons (Fsp3) is 0.333. The van der Waals surface area contributed by atoms with Gasteiger partial charge in [-0.25, -0.2) is 0 Å². The fourth-order valence-electron chi connectivity index (χ4n) is 2.08. The minimum absolute atomic E-state index is 0.0239. The molecule has 2 aromatic rings. The lowest BCUT2D eigenvalue weighted by Crippen LogP contribution is -2.35. The summed E-state index contributed by atoms with van der Waals surface area (Å²) in [4.78, 5) is 26.2. The van der Waals surface area contributed by atoms with Crippen molar-refractivity contribution in [3.8, 4) is 0 Å². The van der Waals surface area contributed by atoms with E-state index < -0.39 is 0 Å². The summed E-state index contributed by atoms with van der Waals surface area (Å²) in [6.07, 6.45) is 0. The first-order chi connectivity index (χ1) is 10.4. The third-order valence-corrected chi connectivity index (χ3v) is 4.13. The maximum Gasteiger partial charge on any atom is 0.267 e. The summed E-state index contributed by atoms with van der Waals surface area (Å²) in [5, 5.41) is 6.67. The highest BCUT2D eigenvalue weighted by Gasteiger charge is 2.20. The normalized spacial score (nSPS) is 10.4. The zero-order valence-corrected chi connectivity index (χ0v) is 13.8. The Morgan fingerprint density at radius 3 is 2.41 bits per heavy atom. The molecule has 0 saturated carbocycles. The van der Waals surface area contributed by atoms with Crippen LogP contribution in [-0.4, -0.2) is 39.9 Å². The van der Waals surface area contributed by atoms with Crippen LogP contribution in [0.4, 0.5) is 5.69 Å². The highest BCUT2D eigenvalue weighted by atomic mass is 32.1. The molecule has 0 saturated heterocycles. The number of amides is 2. The SMILES string of the molecule is Cc1cccc(C)c1NC(=O)CN(C)C(=O)c1snnc1C. The Hall–Kier alpha value is -2.28. The van der Waals surface area contributed by atoms with Gasteiger partial charge in [0.25, 0.3) is 5.91 Å². The second-order valence-corrected chi connectivity index (χ2v) is 5.92. The van der Waals surface area contributed by atoms with E-state index in [-0.39, 0.29) is 18.4 Å². The molecule has 2 amide bonds. The van der Waals surface area contributed by atoms with Gasteiger partial charge in [0.15, 0.2) is 0 Å². The van der Waals surface area contributed by atoms with Crippen LogP contribution in [-0.2, 0) is 4.79 Å². The summed E-state index contributed by atoms with van der Waals surface area (Å²) in [7, 11) is 1.59. The molecule has 1 heterocycles. The number of anilines is 1. The number of hydrogen-bond acceptors (Lipinski definition) is 5. The molecule has 116 valence electrons. The van der Waals surface area contributed by atoms with Gasteiger partial charge in [0.05, 0.1) is 12.2 Å². The van der Waals surface area contributed by atoms with Gasteiger partial charge in [0.1, 0.15) is 4.88 Å². The Kier molecular flexibility index (Phi) is 4.87. The predicted molar refractivity (Wildman–Crippen MR) is 86.2 cm³/mol. The van der Waals surface area contributed by atoms with Gasteiger partial charge in [-0.2, -0.15) is 0 Å². The van der Waals surface area contributed by atoms with Gasteiger partial charge in [-0.15, -0.1) is 5.10 Å². The van der Waals surface area contributed by atoms with Crippen LogP contribution in [0.1, 0.15) is 26.5 Å². The molecule has 0 radical (unpaired) electrons. The van der Waals surface area contributed by atoms with Crippen LogP contribution in [0, 0.1) is 20.8 Å². The number of nitrogens with one attached hydrogen (secondary N) is 1. The van der Waals surface area contributed by atoms with E-state index in [1.165, 1.54) is 4.90 Å². The Labute approximate surface area is 133 Å². The highest BCUT2D eigenvalue weighted by molar-refractivity contribution is 7.07. The van der Waals surface area contributed by atoms with Crippen LogP contribution in [0.3, 0.4) is 0 Å². The summed E-state index contributed by atoms with van der Waals surface area (Å²) >= 11 is 1.04. The number of aryl methyl sites for hydroxylation is 3. The lowest BCUT2D eigenvalue weighted by Gasteiger charge is -2.17. The molecule has 22 heavy (non-hydrogen) atoms. The molecule has 0 spiro atoms. The molecule has 1 aromatic heterocycles. The van der Waals surface area contributed by atoms with Crippen molar-refractivity contribution < 1.29 is 9.59 Å². The number of carbonyl (C=O) groups excluding carboxylic acids is 2. The first-order valence-electron chi connectivity index (χ1n) is 6.80. The van der Waals surface area contributed by atoms with Crippen LogP contribution in [0.25, 0.3) is 0 Å². The van der Waals surface area contributed by atoms with E-state index in [0.717, 1.165) is 28.3 Å². The number of hydrogen-bond donors (Lipinski definition) is 1. The Bertz CT molecular complexity index is 691. The zero-order valence-electron chi connectivity index (χ0n) is 13.0. The van der Waals surface area contributed by atoms with Gasteiger partial charge >= 0.3 is 0 Å². The summed E-state index contributed by atoms with van der Waals surface area (Å²) in [5.74, 6) is -0.479. The molecule has 2 rings (SSSR count). The smallest absolute Gasteiger partial charge is 0.267 e. The van der Waals surface area contributed by atoms with Crippen molar-refractivity contribution >= 4 is 29.0 Å². The first-order valence-corrected chi connectivity index (χ1v) is 7.58. The van der Waals surface area contributed by atoms with Crippen molar-refractivity contribution in [2.24, 2.45) is 0 Å². The summed E-state index contributed by atoms with van der Waals surface area (Å²) < 4.78 is 3.74. The van der Waals surface area contributed by atoms with Crippen LogP contribution >= 0.6 is 11.5 Å². The average molecular weight is 318 g/mol. The second kappa shape index (κ2) is 6.65. The van der Waals surface area contributed by atoms with E-state index in [2.05, 4.69) is 14.9 Å². The molecule has 0 fully saturated rings. The lowest BCUT2D eigenvalue weighted by molar-refractivity contribution is -0.116. The standard InChI is InChI=1S/C15H18N4O2S/c1-9-6-5-7-10(2)13(9)16-12(20)8-19(4)15(21)14-11(3)17-18-22-14/h5-7H,8H2,1-4H3,(H,16,20). The van der Waals surface area contributed by atoms with Crippen LogP contribution in [0.15, 0.2) is 18.2 Å². The van der Waals surface area contributed by atoms with E-state index in [0.29, 0.717) is 10.6 Å². The second-order valence-electron chi connectivity index (χ2n) is 5.16. The molecule has 0 bridgehead atoms. The van der Waals surface area contributed by atoms with Gasteiger partial charge in [-0.05, 0) is 43.4 Å². The van der Waals surface area contributed by atoms with Crippen molar-refractivity contribution in [1.82, 2.24) is 14.5 Å². The molecular weight excluding hydrogens is 300 g/mol. The van der Waals surface area contributed by atoms with Crippen LogP contribution < -0.4 is 5.32 Å². The minimum Gasteiger partial charge on any atom is -0.332 e. The summed E-state index contributed by atoms with van der Waals surface area (Å²) in [6.45, 7) is 5.57. The third-order valence-electron chi connectivity index (χ3n) is 3.32. The first kappa shape index (κ1) is 16.1. The molecule has 7 heteroatoms. The van der Waals surface area contributed by atoms with Gasteiger partial charge in [0.2, 0.25) is 5.91 Å². The highest BCUT2D eigenvalue weighted by Crippen LogP contribution is 2.19. The van der Waals surface area contributed by atoms with Crippen molar-refractivity contribution in [2.45, 2.75) is 20.8 Å². The van der Waals surface area contributed by atoms with Crippen molar-refractivity contribution in [3.05, 3.63) is 39.9 Å². The monoisotopic (exact) mass is 318 g/mol. The molecule has 0 unspecified atom stereocenters. The molecule has 0 aliphatic rings. The Morgan fingerprint density at radius 1 is 1.23 bits per heavy atom. The number of para-hydroxylation sites is 1. The number of rotatable bonds is 4. The molecule has 0 atom stereocenters. The molecule has 1 N–H and O–H groups in total. The number of aromatic nitrogens is 2. The number of likely N-dealkylation sites (N-methyl/N-ethyl adjacent to an activating group) is 1. The average Bonchev–Trinajstić information content (AvgIpc) is 2.88. The Morgan fingerprint density at radius 2 is 1.86 bits per heavy atom. The van der Waals surface area contributed by atoms with E-state index >= 15 is 0 Å². The van der Waals surface area contributed by atoms with Crippen molar-refractivity contribution in [3.63, 3.8) is 0 Å². The van der Waals surface area contributed by atoms with Gasteiger partial charge in [-0.1, -0.05) is 22.7 Å². The predicted octanol–water partition coefficient (Wildman–Crippen LogP) is 2.17. The van der Waals surface area contributed by atoms with Crippen molar-refractivity contribution in [1.29, 1.82) is 0 Å². The van der Waals surface area contributed by atoms with Gasteiger partial charge in [0, 0.05) is 12.7 Å². The topological polar surface area (TPSA) is 75.2 Å². The van der Waals surface area contributed by atoms with Gasteiger partial charge in [-0.3, -0.25) is 9.59 Å². The molecule has 1 aromatic carbocycles.